The maximum absolute atomic E-state index is 12.8. The van der Waals surface area contributed by atoms with Crippen LogP contribution in [-0.2, 0) is 27.8 Å². The molecule has 0 saturated carbocycles. The first kappa shape index (κ1) is 20.3. The monoisotopic (exact) mass is 403 g/mol. The van der Waals surface area contributed by atoms with Crippen LogP contribution in [0.5, 0.6) is 5.75 Å². The van der Waals surface area contributed by atoms with Crippen molar-refractivity contribution < 1.29 is 17.9 Å². The zero-order valence-electron chi connectivity index (χ0n) is 15.9. The molecular formula is C20H25N3O4S. The van der Waals surface area contributed by atoms with Crippen LogP contribution in [0.15, 0.2) is 47.5 Å². The summed E-state index contributed by atoms with van der Waals surface area (Å²) in [6, 6.07) is 10.4. The molecule has 0 atom stereocenters. The molecule has 0 unspecified atom stereocenters. The third-order valence-corrected chi connectivity index (χ3v) is 6.66. The van der Waals surface area contributed by atoms with E-state index >= 15 is 0 Å². The number of benzene rings is 1. The lowest BCUT2D eigenvalue weighted by Gasteiger charge is -2.17. The molecular weight excluding hydrogens is 378 g/mol. The van der Waals surface area contributed by atoms with Gasteiger partial charge in [0.15, 0.2) is 0 Å². The van der Waals surface area contributed by atoms with Crippen LogP contribution in [-0.4, -0.2) is 43.8 Å². The number of rotatable bonds is 8. The Labute approximate surface area is 165 Å². The van der Waals surface area contributed by atoms with Crippen LogP contribution in [0.1, 0.15) is 30.5 Å². The second kappa shape index (κ2) is 9.16. The minimum atomic E-state index is -3.50. The highest BCUT2D eigenvalue weighted by atomic mass is 32.2. The van der Waals surface area contributed by atoms with E-state index in [9.17, 15) is 13.2 Å². The van der Waals surface area contributed by atoms with Gasteiger partial charge in [-0.15, -0.1) is 0 Å². The van der Waals surface area contributed by atoms with E-state index in [1.54, 1.807) is 24.4 Å². The molecule has 0 bridgehead atoms. The van der Waals surface area contributed by atoms with Crippen molar-refractivity contribution in [1.29, 1.82) is 0 Å². The van der Waals surface area contributed by atoms with Gasteiger partial charge in [0.2, 0.25) is 15.9 Å². The predicted molar refractivity (Wildman–Crippen MR) is 105 cm³/mol. The first-order chi connectivity index (χ1) is 13.5. The van der Waals surface area contributed by atoms with Crippen molar-refractivity contribution in [3.05, 3.63) is 53.9 Å². The summed E-state index contributed by atoms with van der Waals surface area (Å²) < 4.78 is 32.4. The van der Waals surface area contributed by atoms with E-state index in [4.69, 9.17) is 4.74 Å². The molecule has 1 saturated heterocycles. The van der Waals surface area contributed by atoms with E-state index in [-0.39, 0.29) is 17.2 Å². The molecule has 3 rings (SSSR count). The maximum Gasteiger partial charge on any atom is 0.243 e. The van der Waals surface area contributed by atoms with Gasteiger partial charge in [0, 0.05) is 25.7 Å². The average molecular weight is 404 g/mol. The molecule has 1 aliphatic heterocycles. The Kier molecular flexibility index (Phi) is 6.64. The van der Waals surface area contributed by atoms with Gasteiger partial charge in [0.1, 0.15) is 5.75 Å². The van der Waals surface area contributed by atoms with Crippen molar-refractivity contribution >= 4 is 15.9 Å². The van der Waals surface area contributed by atoms with Gasteiger partial charge in [0.05, 0.1) is 24.2 Å². The number of carbonyl (C=O) groups excluding carboxylic acids is 1. The number of ether oxygens (including phenoxy) is 1. The Balaban J connectivity index is 1.66. The smallest absolute Gasteiger partial charge is 0.243 e. The van der Waals surface area contributed by atoms with Crippen LogP contribution in [0.3, 0.4) is 0 Å². The summed E-state index contributed by atoms with van der Waals surface area (Å²) in [7, 11) is -1.97. The third-order valence-electron chi connectivity index (χ3n) is 4.77. The van der Waals surface area contributed by atoms with E-state index < -0.39 is 10.0 Å². The summed E-state index contributed by atoms with van der Waals surface area (Å²) >= 11 is 0. The fourth-order valence-electron chi connectivity index (χ4n) is 3.22. The fourth-order valence-corrected chi connectivity index (χ4v) is 4.79. The van der Waals surface area contributed by atoms with Gasteiger partial charge in [-0.25, -0.2) is 8.42 Å². The highest BCUT2D eigenvalue weighted by Crippen LogP contribution is 2.27. The number of hydrogen-bond donors (Lipinski definition) is 1. The minimum Gasteiger partial charge on any atom is -0.496 e. The molecule has 0 spiro atoms. The predicted octanol–water partition coefficient (Wildman–Crippen LogP) is 2.12. The van der Waals surface area contributed by atoms with E-state index in [2.05, 4.69) is 10.3 Å². The van der Waals surface area contributed by atoms with Gasteiger partial charge in [0.25, 0.3) is 0 Å². The molecule has 7 nitrogen and oxygen atoms in total. The Morgan fingerprint density at radius 1 is 1.21 bits per heavy atom. The number of amides is 1. The number of aryl methyl sites for hydroxylation is 1. The second-order valence-electron chi connectivity index (χ2n) is 6.68. The van der Waals surface area contributed by atoms with Gasteiger partial charge in [-0.05, 0) is 55.2 Å². The summed E-state index contributed by atoms with van der Waals surface area (Å²) in [6.07, 6.45) is 4.08. The molecule has 1 aromatic carbocycles. The molecule has 2 aromatic rings. The van der Waals surface area contributed by atoms with Crippen molar-refractivity contribution in [3.8, 4) is 5.75 Å². The molecule has 28 heavy (non-hydrogen) atoms. The quantitative estimate of drug-likeness (QED) is 0.729. The standard InChI is InChI=1S/C20H25N3O4S/c1-27-19-9-8-18(28(25,26)23-12-4-5-13-23)14-16(19)7-10-20(24)22-15-17-6-2-3-11-21-17/h2-3,6,8-9,11,14H,4-5,7,10,12-13,15H2,1H3,(H,22,24). The van der Waals surface area contributed by atoms with E-state index in [0.717, 1.165) is 18.5 Å². The molecule has 2 heterocycles. The Hall–Kier alpha value is -2.45. The number of nitrogens with zero attached hydrogens (tertiary/aromatic N) is 2. The van der Waals surface area contributed by atoms with Crippen LogP contribution in [0.4, 0.5) is 0 Å². The van der Waals surface area contributed by atoms with Gasteiger partial charge in [-0.2, -0.15) is 4.31 Å². The number of aromatic nitrogens is 1. The molecule has 150 valence electrons. The van der Waals surface area contributed by atoms with Gasteiger partial charge < -0.3 is 10.1 Å². The summed E-state index contributed by atoms with van der Waals surface area (Å²) in [5.74, 6) is 0.457. The molecule has 1 fully saturated rings. The zero-order chi connectivity index (χ0) is 20.0. The molecule has 0 aliphatic carbocycles. The maximum atomic E-state index is 12.8. The largest absolute Gasteiger partial charge is 0.496 e. The van der Waals surface area contributed by atoms with Crippen LogP contribution in [0, 0.1) is 0 Å². The lowest BCUT2D eigenvalue weighted by atomic mass is 10.1. The number of hydrogen-bond acceptors (Lipinski definition) is 5. The third kappa shape index (κ3) is 4.88. The molecule has 0 radical (unpaired) electrons. The molecule has 1 N–H and O–H groups in total. The van der Waals surface area contributed by atoms with Gasteiger partial charge in [-0.3, -0.25) is 9.78 Å². The zero-order valence-corrected chi connectivity index (χ0v) is 16.7. The van der Waals surface area contributed by atoms with Gasteiger partial charge in [-0.1, -0.05) is 6.07 Å². The lowest BCUT2D eigenvalue weighted by Crippen LogP contribution is -2.28. The number of nitrogens with one attached hydrogen (secondary N) is 1. The SMILES string of the molecule is COc1ccc(S(=O)(=O)N2CCCC2)cc1CCC(=O)NCc1ccccn1. The van der Waals surface area contributed by atoms with Gasteiger partial charge >= 0.3 is 0 Å². The van der Waals surface area contributed by atoms with Crippen LogP contribution in [0.2, 0.25) is 0 Å². The summed E-state index contributed by atoms with van der Waals surface area (Å²) in [6.45, 7) is 1.47. The molecule has 8 heteroatoms. The van der Waals surface area contributed by atoms with Crippen molar-refractivity contribution in [2.45, 2.75) is 37.1 Å². The highest BCUT2D eigenvalue weighted by molar-refractivity contribution is 7.89. The lowest BCUT2D eigenvalue weighted by molar-refractivity contribution is -0.121. The Morgan fingerprint density at radius 3 is 2.68 bits per heavy atom. The molecule has 1 amide bonds. The van der Waals surface area contributed by atoms with Crippen LogP contribution >= 0.6 is 0 Å². The molecule has 1 aromatic heterocycles. The molecule has 1 aliphatic rings. The van der Waals surface area contributed by atoms with E-state index in [1.807, 2.05) is 18.2 Å². The second-order valence-corrected chi connectivity index (χ2v) is 8.62. The van der Waals surface area contributed by atoms with E-state index in [1.165, 1.54) is 11.4 Å². The van der Waals surface area contributed by atoms with Crippen molar-refractivity contribution in [2.75, 3.05) is 20.2 Å². The minimum absolute atomic E-state index is 0.125. The summed E-state index contributed by atoms with van der Waals surface area (Å²) in [5, 5.41) is 2.83. The van der Waals surface area contributed by atoms with Crippen molar-refractivity contribution in [1.82, 2.24) is 14.6 Å². The fraction of sp³-hybridized carbons (Fsp3) is 0.400. The summed E-state index contributed by atoms with van der Waals surface area (Å²) in [4.78, 5) is 16.6. The number of methoxy groups -OCH3 is 1. The van der Waals surface area contributed by atoms with E-state index in [0.29, 0.717) is 37.4 Å². The summed E-state index contributed by atoms with van der Waals surface area (Å²) in [5.41, 5.74) is 1.49. The van der Waals surface area contributed by atoms with Crippen LogP contribution < -0.4 is 10.1 Å². The Morgan fingerprint density at radius 2 is 2.00 bits per heavy atom. The highest BCUT2D eigenvalue weighted by Gasteiger charge is 2.27. The van der Waals surface area contributed by atoms with Crippen LogP contribution in [0.25, 0.3) is 0 Å². The number of pyridine rings is 1. The first-order valence-electron chi connectivity index (χ1n) is 9.34. The topological polar surface area (TPSA) is 88.6 Å². The average Bonchev–Trinajstić information content (AvgIpc) is 3.27. The normalized spacial score (nSPS) is 14.8. The number of carbonyl (C=O) groups is 1. The number of sulfonamides is 1. The first-order valence-corrected chi connectivity index (χ1v) is 10.8. The van der Waals surface area contributed by atoms with Crippen molar-refractivity contribution in [2.24, 2.45) is 0 Å². The Bertz CT molecular complexity index is 910. The van der Waals surface area contributed by atoms with Crippen molar-refractivity contribution in [3.63, 3.8) is 0 Å².